The molecule has 0 amide bonds. The van der Waals surface area contributed by atoms with Gasteiger partial charge in [0.15, 0.2) is 0 Å². The van der Waals surface area contributed by atoms with Crippen molar-refractivity contribution in [3.8, 4) is 22.3 Å². The molecule has 0 saturated carbocycles. The fourth-order valence-corrected chi connectivity index (χ4v) is 7.79. The van der Waals surface area contributed by atoms with Crippen LogP contribution in [-0.2, 0) is 0 Å². The molecule has 8 aromatic carbocycles. The standard InChI is InChI=1S/C48H35N3/c1-2-16-45(17-3-1)51-47(50-46-30-44(31-49-48(46)51)40-23-20-34-12-6-9-15-37(34)26-40)43-28-41(38-21-18-32-10-4-7-13-35(32)24-38)27-42(29-43)39-22-19-33-11-5-8-14-36(33)25-39/h1-30,47,49-50H,31H2. The van der Waals surface area contributed by atoms with Crippen LogP contribution in [0.5, 0.6) is 0 Å². The molecule has 242 valence electrons. The van der Waals surface area contributed by atoms with Crippen LogP contribution in [0.1, 0.15) is 17.3 Å². The normalized spacial score (nSPS) is 15.5. The van der Waals surface area contributed by atoms with Crippen molar-refractivity contribution < 1.29 is 0 Å². The smallest absolute Gasteiger partial charge is 0.132 e. The minimum Gasteiger partial charge on any atom is -0.366 e. The summed E-state index contributed by atoms with van der Waals surface area (Å²) < 4.78 is 0. The zero-order chi connectivity index (χ0) is 33.7. The Balaban J connectivity index is 1.12. The van der Waals surface area contributed by atoms with Crippen molar-refractivity contribution in [3.05, 3.63) is 205 Å². The van der Waals surface area contributed by atoms with Gasteiger partial charge in [0.1, 0.15) is 12.0 Å². The lowest BCUT2D eigenvalue weighted by molar-refractivity contribution is 0.642. The number of benzene rings is 8. The van der Waals surface area contributed by atoms with Crippen molar-refractivity contribution in [1.82, 2.24) is 10.6 Å². The maximum Gasteiger partial charge on any atom is 0.132 e. The van der Waals surface area contributed by atoms with Gasteiger partial charge in [0.05, 0.1) is 5.70 Å². The molecule has 2 heterocycles. The fourth-order valence-electron chi connectivity index (χ4n) is 7.79. The number of fused-ring (bicyclic) bond motifs is 3. The number of allylic oxidation sites excluding steroid dienone is 1. The number of nitrogens with one attached hydrogen (secondary N) is 2. The maximum absolute atomic E-state index is 3.98. The van der Waals surface area contributed by atoms with Gasteiger partial charge in [0.25, 0.3) is 0 Å². The third kappa shape index (κ3) is 5.31. The third-order valence-electron chi connectivity index (χ3n) is 10.4. The largest absolute Gasteiger partial charge is 0.366 e. The zero-order valence-corrected chi connectivity index (χ0v) is 28.1. The molecule has 8 aromatic rings. The number of rotatable bonds is 5. The SMILES string of the molecule is C1=C(c2ccc3ccccc3c2)CNC2=C1NC(c1cc(-c3ccc4ccccc4c3)cc(-c3ccc4ccccc4c3)c1)N2c1ccccc1. The fraction of sp³-hybridized carbons (Fsp3) is 0.0417. The van der Waals surface area contributed by atoms with Crippen LogP contribution < -0.4 is 15.5 Å². The van der Waals surface area contributed by atoms with Gasteiger partial charge in [-0.1, -0.05) is 127 Å². The van der Waals surface area contributed by atoms with Crippen LogP contribution in [0.25, 0.3) is 60.1 Å². The van der Waals surface area contributed by atoms with Crippen LogP contribution in [-0.4, -0.2) is 6.54 Å². The van der Waals surface area contributed by atoms with E-state index < -0.39 is 0 Å². The zero-order valence-electron chi connectivity index (χ0n) is 28.1. The molecule has 0 aromatic heterocycles. The predicted octanol–water partition coefficient (Wildman–Crippen LogP) is 11.4. The molecular formula is C48H35N3. The predicted molar refractivity (Wildman–Crippen MR) is 214 cm³/mol. The monoisotopic (exact) mass is 653 g/mol. The van der Waals surface area contributed by atoms with E-state index in [1.807, 2.05) is 0 Å². The first-order valence-corrected chi connectivity index (χ1v) is 17.7. The molecule has 0 spiro atoms. The molecule has 1 unspecified atom stereocenters. The summed E-state index contributed by atoms with van der Waals surface area (Å²) in [6, 6.07) is 64.0. The third-order valence-corrected chi connectivity index (χ3v) is 10.4. The molecule has 0 radical (unpaired) electrons. The maximum atomic E-state index is 3.98. The second kappa shape index (κ2) is 12.1. The summed E-state index contributed by atoms with van der Waals surface area (Å²) >= 11 is 0. The van der Waals surface area contributed by atoms with Gasteiger partial charge < -0.3 is 15.5 Å². The van der Waals surface area contributed by atoms with Crippen molar-refractivity contribution in [3.63, 3.8) is 0 Å². The first-order valence-electron chi connectivity index (χ1n) is 17.7. The van der Waals surface area contributed by atoms with E-state index in [9.17, 15) is 0 Å². The summed E-state index contributed by atoms with van der Waals surface area (Å²) in [5.41, 5.74) is 10.7. The Bertz CT molecular complexity index is 2590. The van der Waals surface area contributed by atoms with Gasteiger partial charge in [0.2, 0.25) is 0 Å². The summed E-state index contributed by atoms with van der Waals surface area (Å²) in [6.45, 7) is 0.744. The molecule has 2 aliphatic rings. The molecule has 0 fully saturated rings. The minimum atomic E-state index is -0.128. The van der Waals surface area contributed by atoms with Gasteiger partial charge in [-0.05, 0) is 126 Å². The number of hydrogen-bond donors (Lipinski definition) is 2. The lowest BCUT2D eigenvalue weighted by Gasteiger charge is -2.31. The highest BCUT2D eigenvalue weighted by atomic mass is 15.4. The summed E-state index contributed by atoms with van der Waals surface area (Å²) in [6.07, 6.45) is 2.21. The highest BCUT2D eigenvalue weighted by Gasteiger charge is 2.35. The quantitative estimate of drug-likeness (QED) is 0.194. The Kier molecular flexibility index (Phi) is 6.95. The second-order valence-corrected chi connectivity index (χ2v) is 13.6. The van der Waals surface area contributed by atoms with E-state index in [2.05, 4.69) is 198 Å². The number of dihydropyridines is 1. The average molecular weight is 654 g/mol. The minimum absolute atomic E-state index is 0.128. The van der Waals surface area contributed by atoms with Gasteiger partial charge >= 0.3 is 0 Å². The van der Waals surface area contributed by atoms with Gasteiger partial charge in [-0.25, -0.2) is 0 Å². The van der Waals surface area contributed by atoms with E-state index in [-0.39, 0.29) is 6.17 Å². The Morgan fingerprint density at radius 3 is 1.49 bits per heavy atom. The topological polar surface area (TPSA) is 27.3 Å². The Morgan fingerprint density at radius 2 is 0.922 bits per heavy atom. The van der Waals surface area contributed by atoms with Gasteiger partial charge in [-0.15, -0.1) is 0 Å². The number of nitrogens with zero attached hydrogens (tertiary/aromatic N) is 1. The summed E-state index contributed by atoms with van der Waals surface area (Å²) in [4.78, 5) is 2.42. The molecule has 2 N–H and O–H groups in total. The first kappa shape index (κ1) is 29.3. The average Bonchev–Trinajstić information content (AvgIpc) is 3.59. The van der Waals surface area contributed by atoms with E-state index in [0.717, 1.165) is 23.8 Å². The molecule has 1 atom stereocenters. The number of para-hydroxylation sites is 1. The molecule has 10 rings (SSSR count). The van der Waals surface area contributed by atoms with Crippen LogP contribution in [0.4, 0.5) is 5.69 Å². The Labute approximate surface area is 297 Å². The number of hydrogen-bond acceptors (Lipinski definition) is 3. The molecule has 0 aliphatic carbocycles. The molecule has 2 aliphatic heterocycles. The molecule has 3 heteroatoms. The summed E-state index contributed by atoms with van der Waals surface area (Å²) in [5.74, 6) is 1.10. The number of anilines is 1. The van der Waals surface area contributed by atoms with Crippen molar-refractivity contribution in [2.24, 2.45) is 0 Å². The van der Waals surface area contributed by atoms with Crippen molar-refractivity contribution in [2.45, 2.75) is 6.17 Å². The van der Waals surface area contributed by atoms with E-state index in [0.29, 0.717) is 0 Å². The highest BCUT2D eigenvalue weighted by molar-refractivity contribution is 5.91. The highest BCUT2D eigenvalue weighted by Crippen LogP contribution is 2.41. The second-order valence-electron chi connectivity index (χ2n) is 13.6. The van der Waals surface area contributed by atoms with Crippen LogP contribution in [0, 0.1) is 0 Å². The van der Waals surface area contributed by atoms with Crippen LogP contribution in [0.3, 0.4) is 0 Å². The van der Waals surface area contributed by atoms with Crippen LogP contribution >= 0.6 is 0 Å². The summed E-state index contributed by atoms with van der Waals surface area (Å²) in [5, 5.41) is 15.3. The van der Waals surface area contributed by atoms with E-state index in [1.54, 1.807) is 0 Å². The van der Waals surface area contributed by atoms with E-state index in [4.69, 9.17) is 0 Å². The van der Waals surface area contributed by atoms with Crippen LogP contribution in [0.2, 0.25) is 0 Å². The molecule has 51 heavy (non-hydrogen) atoms. The van der Waals surface area contributed by atoms with Gasteiger partial charge in [-0.3, -0.25) is 0 Å². The lowest BCUT2D eigenvalue weighted by atomic mass is 9.93. The van der Waals surface area contributed by atoms with Gasteiger partial charge in [-0.2, -0.15) is 0 Å². The van der Waals surface area contributed by atoms with Crippen molar-refractivity contribution in [2.75, 3.05) is 11.4 Å². The van der Waals surface area contributed by atoms with E-state index >= 15 is 0 Å². The van der Waals surface area contributed by atoms with Crippen molar-refractivity contribution >= 4 is 43.6 Å². The van der Waals surface area contributed by atoms with Gasteiger partial charge in [0, 0.05) is 12.2 Å². The molecular weight excluding hydrogens is 619 g/mol. The summed E-state index contributed by atoms with van der Waals surface area (Å²) in [7, 11) is 0. The Morgan fingerprint density at radius 1 is 0.431 bits per heavy atom. The van der Waals surface area contributed by atoms with E-state index in [1.165, 1.54) is 71.3 Å². The molecule has 0 saturated heterocycles. The Hall–Kier alpha value is -6.58. The lowest BCUT2D eigenvalue weighted by Crippen LogP contribution is -2.34. The molecule has 0 bridgehead atoms. The first-order chi connectivity index (χ1) is 25.2. The van der Waals surface area contributed by atoms with Crippen LogP contribution in [0.15, 0.2) is 194 Å². The van der Waals surface area contributed by atoms with Crippen molar-refractivity contribution in [1.29, 1.82) is 0 Å². The molecule has 3 nitrogen and oxygen atoms in total.